The van der Waals surface area contributed by atoms with Crippen LogP contribution in [0.5, 0.6) is 0 Å². The summed E-state index contributed by atoms with van der Waals surface area (Å²) in [5, 5.41) is 2.37. The molecule has 2 saturated heterocycles. The van der Waals surface area contributed by atoms with E-state index in [2.05, 4.69) is 98.3 Å². The SMILES string of the molecule is CN1CCN(c2ccccc2CC2OCCN(c3ccc4cc(C(C)(C)C)ccc4c3)C2=O)CC1. The molecule has 5 heteroatoms. The van der Waals surface area contributed by atoms with Crippen molar-refractivity contribution >= 4 is 28.1 Å². The van der Waals surface area contributed by atoms with Gasteiger partial charge in [-0.2, -0.15) is 0 Å². The van der Waals surface area contributed by atoms with E-state index in [-0.39, 0.29) is 11.3 Å². The van der Waals surface area contributed by atoms with Crippen LogP contribution in [0.15, 0.2) is 60.7 Å². The molecule has 2 heterocycles. The molecule has 1 atom stereocenters. The highest BCUT2D eigenvalue weighted by Crippen LogP contribution is 2.30. The summed E-state index contributed by atoms with van der Waals surface area (Å²) in [6.45, 7) is 12.0. The summed E-state index contributed by atoms with van der Waals surface area (Å²) in [5.74, 6) is 0.0510. The van der Waals surface area contributed by atoms with Gasteiger partial charge in [0, 0.05) is 50.5 Å². The summed E-state index contributed by atoms with van der Waals surface area (Å²) >= 11 is 0. The number of hydrogen-bond acceptors (Lipinski definition) is 4. The first kappa shape index (κ1) is 23.8. The third-order valence-electron chi connectivity index (χ3n) is 7.42. The monoisotopic (exact) mass is 471 g/mol. The highest BCUT2D eigenvalue weighted by molar-refractivity contribution is 5.99. The smallest absolute Gasteiger partial charge is 0.256 e. The van der Waals surface area contributed by atoms with Crippen molar-refractivity contribution in [2.45, 2.75) is 38.7 Å². The molecule has 0 saturated carbocycles. The lowest BCUT2D eigenvalue weighted by molar-refractivity contribution is -0.133. The van der Waals surface area contributed by atoms with Crippen molar-refractivity contribution in [3.8, 4) is 0 Å². The van der Waals surface area contributed by atoms with E-state index < -0.39 is 6.10 Å². The summed E-state index contributed by atoms with van der Waals surface area (Å²) in [6.07, 6.45) is 0.136. The van der Waals surface area contributed by atoms with Crippen LogP contribution in [0.4, 0.5) is 11.4 Å². The van der Waals surface area contributed by atoms with Crippen LogP contribution in [0, 0.1) is 0 Å². The quantitative estimate of drug-likeness (QED) is 0.544. The zero-order valence-corrected chi connectivity index (χ0v) is 21.5. The predicted octanol–water partition coefficient (Wildman–Crippen LogP) is 4.86. The third kappa shape index (κ3) is 5.07. The topological polar surface area (TPSA) is 36.0 Å². The van der Waals surface area contributed by atoms with Gasteiger partial charge in [0.1, 0.15) is 6.10 Å². The van der Waals surface area contributed by atoms with E-state index in [1.807, 2.05) is 4.90 Å². The first-order chi connectivity index (χ1) is 16.8. The molecule has 0 aromatic heterocycles. The van der Waals surface area contributed by atoms with Gasteiger partial charge in [0.25, 0.3) is 5.91 Å². The number of morpholine rings is 1. The minimum atomic E-state index is -0.462. The number of amides is 1. The number of piperazine rings is 1. The molecule has 2 fully saturated rings. The van der Waals surface area contributed by atoms with Crippen LogP contribution >= 0.6 is 0 Å². The predicted molar refractivity (Wildman–Crippen MR) is 145 cm³/mol. The fraction of sp³-hybridized carbons (Fsp3) is 0.433. The van der Waals surface area contributed by atoms with E-state index in [1.165, 1.54) is 22.2 Å². The molecule has 1 amide bonds. The fourth-order valence-electron chi connectivity index (χ4n) is 5.15. The van der Waals surface area contributed by atoms with E-state index in [1.54, 1.807) is 0 Å². The number of benzene rings is 3. The zero-order valence-electron chi connectivity index (χ0n) is 21.5. The molecule has 1 unspecified atom stereocenters. The molecule has 184 valence electrons. The Labute approximate surface area is 209 Å². The standard InChI is InChI=1S/C30H37N3O2/c1-30(2,3)25-11-9-23-20-26(12-10-22(23)19-25)33-17-18-35-28(29(33)34)21-24-7-5-6-8-27(24)32-15-13-31(4)14-16-32/h5-12,19-20,28H,13-18,21H2,1-4H3. The third-order valence-corrected chi connectivity index (χ3v) is 7.42. The van der Waals surface area contributed by atoms with Crippen molar-refractivity contribution < 1.29 is 9.53 Å². The van der Waals surface area contributed by atoms with Crippen molar-refractivity contribution in [2.24, 2.45) is 0 Å². The molecule has 3 aromatic rings. The molecule has 0 bridgehead atoms. The van der Waals surface area contributed by atoms with Gasteiger partial charge in [0.2, 0.25) is 0 Å². The number of rotatable bonds is 4. The maximum atomic E-state index is 13.6. The first-order valence-corrected chi connectivity index (χ1v) is 12.8. The Hall–Kier alpha value is -2.89. The number of anilines is 2. The lowest BCUT2D eigenvalue weighted by atomic mass is 9.86. The molecular formula is C30H37N3O2. The molecule has 2 aliphatic heterocycles. The molecule has 0 radical (unpaired) electrons. The second kappa shape index (κ2) is 9.63. The number of para-hydroxylation sites is 1. The van der Waals surface area contributed by atoms with Gasteiger partial charge in [0.05, 0.1) is 6.61 Å². The Bertz CT molecular complexity index is 1210. The van der Waals surface area contributed by atoms with Gasteiger partial charge >= 0.3 is 0 Å². The normalized spacial score (nSPS) is 20.0. The number of carbonyl (C=O) groups excluding carboxylic acids is 1. The average Bonchev–Trinajstić information content (AvgIpc) is 2.85. The van der Waals surface area contributed by atoms with Crippen LogP contribution < -0.4 is 9.80 Å². The summed E-state index contributed by atoms with van der Waals surface area (Å²) in [4.78, 5) is 20.3. The highest BCUT2D eigenvalue weighted by atomic mass is 16.5. The van der Waals surface area contributed by atoms with Crippen molar-refractivity contribution in [1.29, 1.82) is 0 Å². The van der Waals surface area contributed by atoms with E-state index in [9.17, 15) is 4.79 Å². The van der Waals surface area contributed by atoms with Crippen LogP contribution in [0.1, 0.15) is 31.9 Å². The van der Waals surface area contributed by atoms with Crippen LogP contribution in [0.25, 0.3) is 10.8 Å². The van der Waals surface area contributed by atoms with Gasteiger partial charge in [0.15, 0.2) is 0 Å². The van der Waals surface area contributed by atoms with Crippen LogP contribution in [0.2, 0.25) is 0 Å². The minimum Gasteiger partial charge on any atom is -0.369 e. The maximum Gasteiger partial charge on any atom is 0.256 e. The van der Waals surface area contributed by atoms with E-state index in [4.69, 9.17) is 4.74 Å². The summed E-state index contributed by atoms with van der Waals surface area (Å²) < 4.78 is 6.03. The van der Waals surface area contributed by atoms with E-state index >= 15 is 0 Å². The Kier molecular flexibility index (Phi) is 6.56. The lowest BCUT2D eigenvalue weighted by Gasteiger charge is -2.36. The number of likely N-dealkylation sites (N-methyl/N-ethyl adjacent to an activating group) is 1. The summed E-state index contributed by atoms with van der Waals surface area (Å²) in [7, 11) is 2.17. The summed E-state index contributed by atoms with van der Waals surface area (Å²) in [6, 6.07) is 21.5. The number of hydrogen-bond donors (Lipinski definition) is 0. The van der Waals surface area contributed by atoms with E-state index in [0.717, 1.165) is 37.3 Å². The molecule has 5 rings (SSSR count). The largest absolute Gasteiger partial charge is 0.369 e. The fourth-order valence-corrected chi connectivity index (χ4v) is 5.15. The summed E-state index contributed by atoms with van der Waals surface area (Å²) in [5.41, 5.74) is 4.80. The van der Waals surface area contributed by atoms with Crippen molar-refractivity contribution in [2.75, 3.05) is 56.2 Å². The first-order valence-electron chi connectivity index (χ1n) is 12.8. The average molecular weight is 472 g/mol. The number of ether oxygens (including phenoxy) is 1. The van der Waals surface area contributed by atoms with Crippen LogP contribution in [0.3, 0.4) is 0 Å². The molecule has 5 nitrogen and oxygen atoms in total. The second-order valence-electron chi connectivity index (χ2n) is 11.0. The molecule has 0 N–H and O–H groups in total. The number of fused-ring (bicyclic) bond motifs is 1. The molecule has 2 aliphatic rings. The molecule has 0 aliphatic carbocycles. The Morgan fingerprint density at radius 2 is 1.60 bits per heavy atom. The van der Waals surface area contributed by atoms with Gasteiger partial charge in [-0.1, -0.05) is 63.2 Å². The molecule has 0 spiro atoms. The van der Waals surface area contributed by atoms with Crippen molar-refractivity contribution in [3.63, 3.8) is 0 Å². The van der Waals surface area contributed by atoms with Crippen LogP contribution in [-0.4, -0.2) is 63.3 Å². The number of nitrogens with zero attached hydrogens (tertiary/aromatic N) is 3. The van der Waals surface area contributed by atoms with Crippen molar-refractivity contribution in [3.05, 3.63) is 71.8 Å². The number of carbonyl (C=O) groups is 1. The zero-order chi connectivity index (χ0) is 24.6. The van der Waals surface area contributed by atoms with Crippen LogP contribution in [-0.2, 0) is 21.4 Å². The molecule has 35 heavy (non-hydrogen) atoms. The lowest BCUT2D eigenvalue weighted by Crippen LogP contribution is -2.49. The van der Waals surface area contributed by atoms with E-state index in [0.29, 0.717) is 19.6 Å². The minimum absolute atomic E-state index is 0.0510. The Morgan fingerprint density at radius 1 is 0.886 bits per heavy atom. The Balaban J connectivity index is 1.35. The maximum absolute atomic E-state index is 13.6. The van der Waals surface area contributed by atoms with Gasteiger partial charge in [-0.15, -0.1) is 0 Å². The van der Waals surface area contributed by atoms with Gasteiger partial charge in [-0.05, 0) is 52.6 Å². The van der Waals surface area contributed by atoms with Gasteiger partial charge in [-0.25, -0.2) is 0 Å². The van der Waals surface area contributed by atoms with Gasteiger partial charge in [-0.3, -0.25) is 4.79 Å². The van der Waals surface area contributed by atoms with Crippen molar-refractivity contribution in [1.82, 2.24) is 4.90 Å². The second-order valence-corrected chi connectivity index (χ2v) is 11.0. The highest BCUT2D eigenvalue weighted by Gasteiger charge is 2.32. The van der Waals surface area contributed by atoms with Gasteiger partial charge < -0.3 is 19.4 Å². The molecular weight excluding hydrogens is 434 g/mol. The Morgan fingerprint density at radius 3 is 2.37 bits per heavy atom. The molecule has 3 aromatic carbocycles.